The SMILES string of the molecule is O=C(CCC(F)(F)F)N[C@H]1CCCCC/C=C2/C[C@@]2(C(=O)O)NC(=O)[C@@H]2C[C@@H](OC(=O)N3Cc4ccccc4C3)CN2C1=O. The van der Waals surface area contributed by atoms with Crippen LogP contribution < -0.4 is 10.6 Å². The second-order valence-electron chi connectivity index (χ2n) is 11.9. The highest BCUT2D eigenvalue weighted by Crippen LogP contribution is 2.44. The Morgan fingerprint density at radius 2 is 1.80 bits per heavy atom. The Balaban J connectivity index is 1.35. The maximum absolute atomic E-state index is 13.9. The highest BCUT2D eigenvalue weighted by Gasteiger charge is 2.58. The van der Waals surface area contributed by atoms with Gasteiger partial charge in [0.1, 0.15) is 18.2 Å². The number of carboxylic acids is 1. The maximum Gasteiger partial charge on any atom is 0.410 e. The number of carbonyl (C=O) groups is 5. The minimum Gasteiger partial charge on any atom is -0.479 e. The number of nitrogens with zero attached hydrogens (tertiary/aromatic N) is 2. The van der Waals surface area contributed by atoms with Gasteiger partial charge in [-0.15, -0.1) is 0 Å². The molecule has 4 atom stereocenters. The van der Waals surface area contributed by atoms with Crippen molar-refractivity contribution in [2.75, 3.05) is 6.54 Å². The molecule has 3 aliphatic heterocycles. The normalized spacial score (nSPS) is 28.4. The molecule has 1 saturated carbocycles. The second-order valence-corrected chi connectivity index (χ2v) is 11.9. The van der Waals surface area contributed by atoms with E-state index in [2.05, 4.69) is 10.6 Å². The van der Waals surface area contributed by atoms with E-state index in [1.165, 1.54) is 4.90 Å². The monoisotopic (exact) mass is 620 g/mol. The predicted octanol–water partition coefficient (Wildman–Crippen LogP) is 3.17. The average molecular weight is 621 g/mol. The second kappa shape index (κ2) is 12.5. The number of aliphatic carboxylic acids is 1. The topological polar surface area (TPSA) is 145 Å². The van der Waals surface area contributed by atoms with Gasteiger partial charge >= 0.3 is 18.2 Å². The van der Waals surface area contributed by atoms with Crippen LogP contribution in [0.4, 0.5) is 18.0 Å². The lowest BCUT2D eigenvalue weighted by Gasteiger charge is -2.29. The maximum atomic E-state index is 13.9. The van der Waals surface area contributed by atoms with E-state index in [9.17, 15) is 42.3 Å². The fraction of sp³-hybridized carbons (Fsp3) is 0.567. The Morgan fingerprint density at radius 3 is 2.45 bits per heavy atom. The zero-order chi connectivity index (χ0) is 31.6. The molecule has 4 aliphatic rings. The molecular formula is C30H35F3N4O7. The van der Waals surface area contributed by atoms with Gasteiger partial charge in [-0.25, -0.2) is 9.59 Å². The minimum atomic E-state index is -4.55. The Hall–Kier alpha value is -4.10. The van der Waals surface area contributed by atoms with Crippen molar-refractivity contribution in [1.82, 2.24) is 20.4 Å². The molecule has 238 valence electrons. The molecule has 5 rings (SSSR count). The van der Waals surface area contributed by atoms with E-state index >= 15 is 0 Å². The molecule has 1 aromatic carbocycles. The van der Waals surface area contributed by atoms with Crippen molar-refractivity contribution < 1.29 is 47.0 Å². The highest BCUT2D eigenvalue weighted by atomic mass is 19.4. The Kier molecular flexibility index (Phi) is 8.89. The summed E-state index contributed by atoms with van der Waals surface area (Å²) in [6.07, 6.45) is -4.10. The van der Waals surface area contributed by atoms with Gasteiger partial charge in [0, 0.05) is 32.4 Å². The van der Waals surface area contributed by atoms with Crippen molar-refractivity contribution in [2.24, 2.45) is 0 Å². The summed E-state index contributed by atoms with van der Waals surface area (Å²) in [7, 11) is 0. The number of hydrogen-bond donors (Lipinski definition) is 3. The zero-order valence-corrected chi connectivity index (χ0v) is 24.0. The molecule has 0 unspecified atom stereocenters. The van der Waals surface area contributed by atoms with Crippen molar-refractivity contribution in [1.29, 1.82) is 0 Å². The lowest BCUT2D eigenvalue weighted by atomic mass is 10.0. The molecule has 11 nitrogen and oxygen atoms in total. The summed E-state index contributed by atoms with van der Waals surface area (Å²) in [5, 5.41) is 14.9. The van der Waals surface area contributed by atoms with Crippen molar-refractivity contribution in [3.05, 3.63) is 47.0 Å². The van der Waals surface area contributed by atoms with Crippen LogP contribution in [0.2, 0.25) is 0 Å². The van der Waals surface area contributed by atoms with Crippen LogP contribution in [-0.2, 0) is 37.0 Å². The largest absolute Gasteiger partial charge is 0.479 e. The van der Waals surface area contributed by atoms with Gasteiger partial charge in [0.15, 0.2) is 5.54 Å². The highest BCUT2D eigenvalue weighted by molar-refractivity contribution is 5.99. The van der Waals surface area contributed by atoms with Crippen LogP contribution in [0.1, 0.15) is 68.9 Å². The molecule has 14 heteroatoms. The van der Waals surface area contributed by atoms with E-state index in [-0.39, 0.29) is 25.8 Å². The van der Waals surface area contributed by atoms with Crippen LogP contribution in [0.15, 0.2) is 35.9 Å². The van der Waals surface area contributed by atoms with Crippen molar-refractivity contribution in [3.63, 3.8) is 0 Å². The molecule has 0 bridgehead atoms. The molecule has 0 spiro atoms. The summed E-state index contributed by atoms with van der Waals surface area (Å²) in [5.41, 5.74) is 0.923. The summed E-state index contributed by atoms with van der Waals surface area (Å²) >= 11 is 0. The van der Waals surface area contributed by atoms with Crippen molar-refractivity contribution in [3.8, 4) is 0 Å². The summed E-state index contributed by atoms with van der Waals surface area (Å²) in [5.74, 6) is -3.64. The van der Waals surface area contributed by atoms with E-state index in [1.807, 2.05) is 24.3 Å². The van der Waals surface area contributed by atoms with Crippen LogP contribution in [-0.4, -0.2) is 81.1 Å². The van der Waals surface area contributed by atoms with Crippen LogP contribution in [0.25, 0.3) is 0 Å². The number of amides is 4. The van der Waals surface area contributed by atoms with Gasteiger partial charge in [0.25, 0.3) is 0 Å². The predicted molar refractivity (Wildman–Crippen MR) is 148 cm³/mol. The first kappa shape index (κ1) is 31.3. The van der Waals surface area contributed by atoms with E-state index in [0.717, 1.165) is 16.0 Å². The van der Waals surface area contributed by atoms with Crippen LogP contribution in [0.5, 0.6) is 0 Å². The lowest BCUT2D eigenvalue weighted by Crippen LogP contribution is -2.56. The number of fused-ring (bicyclic) bond motifs is 3. The number of allylic oxidation sites excluding steroid dienone is 1. The number of benzene rings is 1. The number of hydrogen-bond acceptors (Lipinski definition) is 6. The number of carbonyl (C=O) groups excluding carboxylic acids is 4. The molecule has 4 amide bonds. The molecule has 1 saturated heterocycles. The molecule has 1 aromatic rings. The number of alkyl halides is 3. The van der Waals surface area contributed by atoms with Gasteiger partial charge in [-0.1, -0.05) is 43.2 Å². The summed E-state index contributed by atoms with van der Waals surface area (Å²) in [4.78, 5) is 67.8. The number of carboxylic acid groups (broad SMARTS) is 1. The molecule has 1 aliphatic carbocycles. The molecule has 0 aromatic heterocycles. The van der Waals surface area contributed by atoms with Gasteiger partial charge in [-0.05, 0) is 36.0 Å². The third-order valence-electron chi connectivity index (χ3n) is 8.65. The summed E-state index contributed by atoms with van der Waals surface area (Å²) in [6, 6.07) is 5.08. The van der Waals surface area contributed by atoms with Gasteiger partial charge in [0.05, 0.1) is 13.0 Å². The minimum absolute atomic E-state index is 0.117. The van der Waals surface area contributed by atoms with E-state index < -0.39 is 72.5 Å². The molecule has 3 heterocycles. The Bertz CT molecular complexity index is 1340. The number of rotatable bonds is 5. The molecule has 2 fully saturated rings. The molecule has 44 heavy (non-hydrogen) atoms. The summed E-state index contributed by atoms with van der Waals surface area (Å²) in [6.45, 7) is 0.453. The molecule has 3 N–H and O–H groups in total. The lowest BCUT2D eigenvalue weighted by molar-refractivity contribution is -0.147. The van der Waals surface area contributed by atoms with Gasteiger partial charge < -0.3 is 25.4 Å². The number of nitrogens with one attached hydrogen (secondary N) is 2. The Labute approximate surface area is 251 Å². The van der Waals surface area contributed by atoms with Crippen LogP contribution in [0, 0.1) is 0 Å². The third-order valence-corrected chi connectivity index (χ3v) is 8.65. The van der Waals surface area contributed by atoms with Crippen molar-refractivity contribution >= 4 is 29.8 Å². The zero-order valence-electron chi connectivity index (χ0n) is 24.0. The van der Waals surface area contributed by atoms with Gasteiger partial charge in [-0.3, -0.25) is 19.3 Å². The van der Waals surface area contributed by atoms with Crippen molar-refractivity contribution in [2.45, 2.75) is 101 Å². The van der Waals surface area contributed by atoms with Gasteiger partial charge in [-0.2, -0.15) is 13.2 Å². The van der Waals surface area contributed by atoms with Gasteiger partial charge in [0.2, 0.25) is 17.7 Å². The quantitative estimate of drug-likeness (QED) is 0.429. The third kappa shape index (κ3) is 6.99. The average Bonchev–Trinajstić information content (AvgIpc) is 3.28. The van der Waals surface area contributed by atoms with E-state index in [1.54, 1.807) is 6.08 Å². The van der Waals surface area contributed by atoms with E-state index in [0.29, 0.717) is 44.3 Å². The Morgan fingerprint density at radius 1 is 1.09 bits per heavy atom. The molecule has 0 radical (unpaired) electrons. The fourth-order valence-corrected chi connectivity index (χ4v) is 6.15. The first-order valence-electron chi connectivity index (χ1n) is 14.8. The first-order valence-corrected chi connectivity index (χ1v) is 14.8. The summed E-state index contributed by atoms with van der Waals surface area (Å²) < 4.78 is 43.9. The number of halogens is 3. The fourth-order valence-electron chi connectivity index (χ4n) is 6.15. The van der Waals surface area contributed by atoms with Crippen LogP contribution in [0.3, 0.4) is 0 Å². The molecular weight excluding hydrogens is 585 g/mol. The van der Waals surface area contributed by atoms with Crippen LogP contribution >= 0.6 is 0 Å². The smallest absolute Gasteiger partial charge is 0.410 e. The first-order chi connectivity index (χ1) is 20.9. The number of ether oxygens (including phenoxy) is 1. The van der Waals surface area contributed by atoms with E-state index in [4.69, 9.17) is 4.74 Å². The standard InChI is InChI=1S/C30H35F3N4O7/c31-30(32,33)12-11-24(38)34-22-10-4-2-1-3-9-20-14-29(20,27(41)42)35-25(39)23-13-21(17-37(23)26(22)40)44-28(43)36-15-18-7-5-6-8-19(18)16-36/h5-9,21-23H,1-4,10-17H2,(H,34,38)(H,35,39)(H,41,42)/b20-9-/t21-,22+,23+,29-/m1/s1.